The molecule has 1 atom stereocenters. The maximum absolute atomic E-state index is 12.6. The molecule has 21 heavy (non-hydrogen) atoms. The summed E-state index contributed by atoms with van der Waals surface area (Å²) in [6.45, 7) is 6.76. The number of carboxylic acids is 1. The lowest BCUT2D eigenvalue weighted by molar-refractivity contribution is -0.141. The van der Waals surface area contributed by atoms with Gasteiger partial charge in [-0.2, -0.15) is 13.2 Å². The number of alkyl halides is 3. The minimum atomic E-state index is -4.39. The summed E-state index contributed by atoms with van der Waals surface area (Å²) in [5.41, 5.74) is -0.996. The SMILES string of the molecule is CCN(CC)C(C)(CC(=O)O)c1ccc(C(F)(F)F)cc1. The molecule has 0 saturated carbocycles. The summed E-state index contributed by atoms with van der Waals surface area (Å²) in [5, 5.41) is 9.13. The van der Waals surface area contributed by atoms with Crippen molar-refractivity contribution in [3.8, 4) is 0 Å². The molecule has 1 unspecified atom stereocenters. The van der Waals surface area contributed by atoms with Crippen LogP contribution in [0.4, 0.5) is 13.2 Å². The average molecular weight is 303 g/mol. The summed E-state index contributed by atoms with van der Waals surface area (Å²) in [7, 11) is 0. The zero-order chi connectivity index (χ0) is 16.3. The zero-order valence-corrected chi connectivity index (χ0v) is 12.4. The van der Waals surface area contributed by atoms with E-state index in [0.717, 1.165) is 12.1 Å². The maximum Gasteiger partial charge on any atom is 0.416 e. The fourth-order valence-electron chi connectivity index (χ4n) is 2.63. The van der Waals surface area contributed by atoms with Gasteiger partial charge < -0.3 is 5.11 Å². The van der Waals surface area contributed by atoms with Gasteiger partial charge in [-0.25, -0.2) is 0 Å². The minimum absolute atomic E-state index is 0.167. The number of benzene rings is 1. The molecule has 0 aliphatic carbocycles. The number of rotatable bonds is 6. The van der Waals surface area contributed by atoms with E-state index in [1.807, 2.05) is 18.7 Å². The van der Waals surface area contributed by atoms with E-state index >= 15 is 0 Å². The van der Waals surface area contributed by atoms with E-state index in [0.29, 0.717) is 18.7 Å². The third-order valence-corrected chi connectivity index (χ3v) is 3.79. The fraction of sp³-hybridized carbons (Fsp3) is 0.533. The highest BCUT2D eigenvalue weighted by Crippen LogP contribution is 2.35. The Morgan fingerprint density at radius 1 is 1.10 bits per heavy atom. The minimum Gasteiger partial charge on any atom is -0.481 e. The molecule has 1 rings (SSSR count). The number of hydrogen-bond donors (Lipinski definition) is 1. The Morgan fingerprint density at radius 3 is 1.86 bits per heavy atom. The first-order valence-corrected chi connectivity index (χ1v) is 6.79. The summed E-state index contributed by atoms with van der Waals surface area (Å²) in [5.74, 6) is -0.982. The molecule has 1 aromatic carbocycles. The van der Waals surface area contributed by atoms with Gasteiger partial charge in [0.2, 0.25) is 0 Å². The topological polar surface area (TPSA) is 40.5 Å². The molecular weight excluding hydrogens is 283 g/mol. The van der Waals surface area contributed by atoms with E-state index in [4.69, 9.17) is 5.11 Å². The fourth-order valence-corrected chi connectivity index (χ4v) is 2.63. The van der Waals surface area contributed by atoms with Gasteiger partial charge in [0.25, 0.3) is 0 Å². The highest BCUT2D eigenvalue weighted by molar-refractivity contribution is 5.69. The van der Waals surface area contributed by atoms with Crippen LogP contribution in [0.1, 0.15) is 38.3 Å². The average Bonchev–Trinajstić information content (AvgIpc) is 2.38. The molecule has 0 aliphatic heterocycles. The van der Waals surface area contributed by atoms with Crippen molar-refractivity contribution in [3.05, 3.63) is 35.4 Å². The Labute approximate surface area is 122 Å². The molecule has 0 aliphatic rings. The lowest BCUT2D eigenvalue weighted by Crippen LogP contribution is -2.45. The monoisotopic (exact) mass is 303 g/mol. The maximum atomic E-state index is 12.6. The number of hydrogen-bond acceptors (Lipinski definition) is 2. The standard InChI is InChI=1S/C15H20F3NO2/c1-4-19(5-2)14(3,10-13(20)21)11-6-8-12(9-7-11)15(16,17)18/h6-9H,4-5,10H2,1-3H3,(H,20,21). The Morgan fingerprint density at radius 2 is 1.52 bits per heavy atom. The molecule has 1 N–H and O–H groups in total. The second-order valence-corrected chi connectivity index (χ2v) is 5.09. The van der Waals surface area contributed by atoms with Crippen LogP contribution in [0.5, 0.6) is 0 Å². The van der Waals surface area contributed by atoms with Crippen LogP contribution in [0, 0.1) is 0 Å². The molecule has 0 spiro atoms. The molecule has 0 aromatic heterocycles. The quantitative estimate of drug-likeness (QED) is 0.870. The number of aliphatic carboxylic acids is 1. The normalized spacial score (nSPS) is 15.0. The smallest absolute Gasteiger partial charge is 0.416 e. The van der Waals surface area contributed by atoms with Crippen LogP contribution in [0.3, 0.4) is 0 Å². The van der Waals surface area contributed by atoms with Gasteiger partial charge in [0.05, 0.1) is 17.5 Å². The summed E-state index contributed by atoms with van der Waals surface area (Å²) in [6.07, 6.45) is -4.56. The molecule has 0 heterocycles. The van der Waals surface area contributed by atoms with Gasteiger partial charge in [0.15, 0.2) is 0 Å². The molecule has 1 aromatic rings. The summed E-state index contributed by atoms with van der Waals surface area (Å²) in [6, 6.07) is 4.73. The van der Waals surface area contributed by atoms with E-state index in [2.05, 4.69) is 0 Å². The number of carboxylic acid groups (broad SMARTS) is 1. The second-order valence-electron chi connectivity index (χ2n) is 5.09. The molecule has 0 radical (unpaired) electrons. The zero-order valence-electron chi connectivity index (χ0n) is 12.4. The van der Waals surface area contributed by atoms with Crippen LogP contribution in [0.2, 0.25) is 0 Å². The van der Waals surface area contributed by atoms with Gasteiger partial charge in [-0.15, -0.1) is 0 Å². The molecular formula is C15H20F3NO2. The highest BCUT2D eigenvalue weighted by atomic mass is 19.4. The first-order chi connectivity index (χ1) is 9.65. The molecule has 0 fully saturated rings. The molecule has 0 bridgehead atoms. The molecule has 6 heteroatoms. The van der Waals surface area contributed by atoms with Crippen molar-refractivity contribution in [1.82, 2.24) is 4.90 Å². The lowest BCUT2D eigenvalue weighted by atomic mass is 9.86. The van der Waals surface area contributed by atoms with Gasteiger partial charge in [-0.3, -0.25) is 9.69 Å². The van der Waals surface area contributed by atoms with E-state index in [1.54, 1.807) is 6.92 Å². The van der Waals surface area contributed by atoms with E-state index in [-0.39, 0.29) is 6.42 Å². The van der Waals surface area contributed by atoms with Crippen LogP contribution < -0.4 is 0 Å². The first-order valence-electron chi connectivity index (χ1n) is 6.79. The Bertz CT molecular complexity index is 481. The highest BCUT2D eigenvalue weighted by Gasteiger charge is 2.36. The predicted molar refractivity (Wildman–Crippen MR) is 74.0 cm³/mol. The van der Waals surface area contributed by atoms with E-state index in [9.17, 15) is 18.0 Å². The Hall–Kier alpha value is -1.56. The molecule has 0 saturated heterocycles. The number of carbonyl (C=O) groups is 1. The van der Waals surface area contributed by atoms with Gasteiger partial charge in [0.1, 0.15) is 0 Å². The van der Waals surface area contributed by atoms with E-state index in [1.165, 1.54) is 12.1 Å². The Balaban J connectivity index is 3.23. The summed E-state index contributed by atoms with van der Waals surface area (Å²) < 4.78 is 37.8. The Kier molecular flexibility index (Phi) is 5.39. The van der Waals surface area contributed by atoms with Gasteiger partial charge in [0, 0.05) is 0 Å². The first kappa shape index (κ1) is 17.5. The third kappa shape index (κ3) is 3.97. The van der Waals surface area contributed by atoms with Crippen LogP contribution in [0.25, 0.3) is 0 Å². The van der Waals surface area contributed by atoms with Crippen molar-refractivity contribution in [2.24, 2.45) is 0 Å². The predicted octanol–water partition coefficient (Wildman–Crippen LogP) is 3.74. The van der Waals surface area contributed by atoms with Crippen molar-refractivity contribution in [2.45, 2.75) is 38.9 Å². The molecule has 0 amide bonds. The second kappa shape index (κ2) is 6.47. The largest absolute Gasteiger partial charge is 0.481 e. The third-order valence-electron chi connectivity index (χ3n) is 3.79. The van der Waals surface area contributed by atoms with Gasteiger partial charge in [-0.1, -0.05) is 26.0 Å². The van der Waals surface area contributed by atoms with Crippen molar-refractivity contribution >= 4 is 5.97 Å². The van der Waals surface area contributed by atoms with Crippen LogP contribution in [-0.4, -0.2) is 29.1 Å². The molecule has 118 valence electrons. The van der Waals surface area contributed by atoms with E-state index < -0.39 is 23.2 Å². The van der Waals surface area contributed by atoms with Crippen molar-refractivity contribution in [1.29, 1.82) is 0 Å². The van der Waals surface area contributed by atoms with Gasteiger partial charge >= 0.3 is 12.1 Å². The van der Waals surface area contributed by atoms with Crippen molar-refractivity contribution in [3.63, 3.8) is 0 Å². The molecule has 3 nitrogen and oxygen atoms in total. The summed E-state index contributed by atoms with van der Waals surface area (Å²) >= 11 is 0. The van der Waals surface area contributed by atoms with Crippen LogP contribution in [0.15, 0.2) is 24.3 Å². The van der Waals surface area contributed by atoms with Gasteiger partial charge in [-0.05, 0) is 37.7 Å². The number of nitrogens with zero attached hydrogens (tertiary/aromatic N) is 1. The number of halogens is 3. The van der Waals surface area contributed by atoms with Crippen LogP contribution >= 0.6 is 0 Å². The van der Waals surface area contributed by atoms with Crippen molar-refractivity contribution < 1.29 is 23.1 Å². The lowest BCUT2D eigenvalue weighted by Gasteiger charge is -2.40. The summed E-state index contributed by atoms with van der Waals surface area (Å²) in [4.78, 5) is 13.1. The van der Waals surface area contributed by atoms with Crippen LogP contribution in [-0.2, 0) is 16.5 Å². The van der Waals surface area contributed by atoms with Crippen molar-refractivity contribution in [2.75, 3.05) is 13.1 Å².